The summed E-state index contributed by atoms with van der Waals surface area (Å²) in [7, 11) is -5.85. The molecule has 0 heterocycles. The van der Waals surface area contributed by atoms with Crippen LogP contribution in [0.5, 0.6) is 0 Å². The lowest BCUT2D eigenvalue weighted by Crippen LogP contribution is -2.39. The summed E-state index contributed by atoms with van der Waals surface area (Å²) in [5, 5.41) is 5.02. The van der Waals surface area contributed by atoms with Crippen molar-refractivity contribution >= 4 is 20.0 Å². The molecule has 0 saturated heterocycles. The van der Waals surface area contributed by atoms with Crippen LogP contribution in [0, 0.1) is 5.92 Å². The maximum atomic E-state index is 12.6. The molecule has 2 N–H and O–H groups in total. The van der Waals surface area contributed by atoms with Crippen molar-refractivity contribution in [3.63, 3.8) is 0 Å². The molecule has 1 saturated carbocycles. The predicted molar refractivity (Wildman–Crippen MR) is 84.2 cm³/mol. The molecule has 1 aromatic rings. The number of primary sulfonamides is 1. The molecule has 0 aromatic heterocycles. The van der Waals surface area contributed by atoms with Crippen molar-refractivity contribution in [1.29, 1.82) is 0 Å². The fraction of sp³-hybridized carbons (Fsp3) is 0.571. The lowest BCUT2D eigenvalue weighted by molar-refractivity contribution is 0.246. The molecule has 0 bridgehead atoms. The smallest absolute Gasteiger partial charge is 0.225 e. The van der Waals surface area contributed by atoms with Gasteiger partial charge in [0.2, 0.25) is 20.0 Å². The second kappa shape index (κ2) is 6.27. The summed E-state index contributed by atoms with van der Waals surface area (Å²) in [4.78, 5) is -0.0124. The molecule has 124 valence electrons. The van der Waals surface area contributed by atoms with Crippen LogP contribution < -0.4 is 5.14 Å². The molecule has 1 fully saturated rings. The highest BCUT2D eigenvalue weighted by atomic mass is 32.2. The summed E-state index contributed by atoms with van der Waals surface area (Å²) in [6.45, 7) is 2.18. The molecule has 6 nitrogen and oxygen atoms in total. The summed E-state index contributed by atoms with van der Waals surface area (Å²) in [6.07, 6.45) is 3.75. The first-order chi connectivity index (χ1) is 10.1. The number of hydrogen-bond acceptors (Lipinski definition) is 4. The maximum absolute atomic E-state index is 12.6. The Morgan fingerprint density at radius 3 is 1.86 bits per heavy atom. The molecule has 0 unspecified atom stereocenters. The van der Waals surface area contributed by atoms with Crippen LogP contribution in [-0.2, 0) is 20.0 Å². The van der Waals surface area contributed by atoms with Crippen molar-refractivity contribution in [3.05, 3.63) is 24.3 Å². The summed E-state index contributed by atoms with van der Waals surface area (Å²) in [5.41, 5.74) is 0. The first kappa shape index (κ1) is 17.4. The zero-order chi connectivity index (χ0) is 16.5. The van der Waals surface area contributed by atoms with Crippen molar-refractivity contribution in [2.45, 2.75) is 48.4 Å². The molecule has 0 aliphatic heterocycles. The Morgan fingerprint density at radius 2 is 1.41 bits per heavy atom. The van der Waals surface area contributed by atoms with Crippen LogP contribution >= 0.6 is 0 Å². The summed E-state index contributed by atoms with van der Waals surface area (Å²) >= 11 is 0. The second-order valence-electron chi connectivity index (χ2n) is 5.95. The molecule has 1 aromatic carbocycles. The number of rotatable bonds is 4. The lowest BCUT2D eigenvalue weighted by Gasteiger charge is -2.32. The minimum atomic E-state index is -3.82. The monoisotopic (exact) mass is 346 g/mol. The average Bonchev–Trinajstić information content (AvgIpc) is 2.46. The van der Waals surface area contributed by atoms with Gasteiger partial charge in [0.05, 0.1) is 9.79 Å². The van der Waals surface area contributed by atoms with Gasteiger partial charge in [0.15, 0.2) is 0 Å². The first-order valence-corrected chi connectivity index (χ1v) is 10.2. The highest BCUT2D eigenvalue weighted by Gasteiger charge is 2.30. The number of nitrogens with two attached hydrogens (primary N) is 1. The molecule has 0 radical (unpaired) electrons. The third-order valence-corrected chi connectivity index (χ3v) is 7.18. The van der Waals surface area contributed by atoms with E-state index in [1.165, 1.54) is 28.6 Å². The molecule has 22 heavy (non-hydrogen) atoms. The van der Waals surface area contributed by atoms with Crippen LogP contribution in [0.4, 0.5) is 0 Å². The van der Waals surface area contributed by atoms with Gasteiger partial charge in [0.1, 0.15) is 0 Å². The van der Waals surface area contributed by atoms with E-state index in [1.54, 1.807) is 7.05 Å². The molecule has 0 atom stereocenters. The average molecular weight is 346 g/mol. The van der Waals surface area contributed by atoms with Gasteiger partial charge in [-0.05, 0) is 55.9 Å². The van der Waals surface area contributed by atoms with Crippen molar-refractivity contribution in [3.8, 4) is 0 Å². The fourth-order valence-corrected chi connectivity index (χ4v) is 4.70. The Balaban J connectivity index is 2.22. The van der Waals surface area contributed by atoms with Gasteiger partial charge in [0.25, 0.3) is 0 Å². The molecule has 1 aliphatic rings. The van der Waals surface area contributed by atoms with Crippen LogP contribution in [0.2, 0.25) is 0 Å². The quantitative estimate of drug-likeness (QED) is 0.894. The summed E-state index contributed by atoms with van der Waals surface area (Å²) < 4.78 is 49.1. The fourth-order valence-electron chi connectivity index (χ4n) is 2.77. The van der Waals surface area contributed by atoms with Crippen molar-refractivity contribution < 1.29 is 16.8 Å². The van der Waals surface area contributed by atoms with E-state index in [1.807, 2.05) is 0 Å². The summed E-state index contributed by atoms with van der Waals surface area (Å²) in [6, 6.07) is 5.02. The van der Waals surface area contributed by atoms with Crippen LogP contribution in [0.15, 0.2) is 34.1 Å². The number of sulfonamides is 2. The van der Waals surface area contributed by atoms with Crippen molar-refractivity contribution in [1.82, 2.24) is 4.31 Å². The Bertz CT molecular complexity index is 719. The maximum Gasteiger partial charge on any atom is 0.243 e. The molecule has 2 rings (SSSR count). The van der Waals surface area contributed by atoms with E-state index in [2.05, 4.69) is 6.92 Å². The Hall–Kier alpha value is -0.960. The third-order valence-electron chi connectivity index (χ3n) is 4.33. The molecule has 1 aliphatic carbocycles. The standard InChI is InChI=1S/C14H22N2O4S2/c1-11-3-5-12(6-4-11)16(2)22(19,20)14-9-7-13(8-10-14)21(15,17)18/h7-12H,3-6H2,1-2H3,(H2,15,17,18). The highest BCUT2D eigenvalue weighted by Crippen LogP contribution is 2.29. The van der Waals surface area contributed by atoms with Gasteiger partial charge >= 0.3 is 0 Å². The van der Waals surface area contributed by atoms with Crippen LogP contribution in [0.3, 0.4) is 0 Å². The molecule has 8 heteroatoms. The Morgan fingerprint density at radius 1 is 0.955 bits per heavy atom. The second-order valence-corrected chi connectivity index (χ2v) is 9.51. The van der Waals surface area contributed by atoms with Gasteiger partial charge in [0, 0.05) is 13.1 Å². The minimum absolute atomic E-state index is 0.000817. The van der Waals surface area contributed by atoms with Crippen LogP contribution in [0.25, 0.3) is 0 Å². The van der Waals surface area contributed by atoms with Crippen molar-refractivity contribution in [2.24, 2.45) is 11.1 Å². The first-order valence-electron chi connectivity index (χ1n) is 7.23. The topological polar surface area (TPSA) is 97.5 Å². The molecule has 0 spiro atoms. The Kier molecular flexibility index (Phi) is 4.96. The van der Waals surface area contributed by atoms with Gasteiger partial charge in [-0.25, -0.2) is 22.0 Å². The van der Waals surface area contributed by atoms with Gasteiger partial charge in [-0.2, -0.15) is 4.31 Å². The van der Waals surface area contributed by atoms with E-state index in [0.717, 1.165) is 25.7 Å². The third kappa shape index (κ3) is 3.68. The van der Waals surface area contributed by atoms with E-state index in [0.29, 0.717) is 5.92 Å². The van der Waals surface area contributed by atoms with Crippen LogP contribution in [0.1, 0.15) is 32.6 Å². The minimum Gasteiger partial charge on any atom is -0.225 e. The molecular weight excluding hydrogens is 324 g/mol. The van der Waals surface area contributed by atoms with Crippen LogP contribution in [-0.4, -0.2) is 34.2 Å². The lowest BCUT2D eigenvalue weighted by atomic mass is 9.87. The molecule has 0 amide bonds. The normalized spacial score (nSPS) is 23.6. The number of hydrogen-bond donors (Lipinski definition) is 1. The van der Waals surface area contributed by atoms with E-state index < -0.39 is 20.0 Å². The van der Waals surface area contributed by atoms with Gasteiger partial charge < -0.3 is 0 Å². The summed E-state index contributed by atoms with van der Waals surface area (Å²) in [5.74, 6) is 0.640. The zero-order valence-electron chi connectivity index (χ0n) is 12.8. The van der Waals surface area contributed by atoms with Gasteiger partial charge in [-0.1, -0.05) is 6.92 Å². The Labute approximate surface area is 132 Å². The number of benzene rings is 1. The number of nitrogens with zero attached hydrogens (tertiary/aromatic N) is 1. The van der Waals surface area contributed by atoms with E-state index in [4.69, 9.17) is 5.14 Å². The van der Waals surface area contributed by atoms with E-state index in [9.17, 15) is 16.8 Å². The van der Waals surface area contributed by atoms with E-state index in [-0.39, 0.29) is 15.8 Å². The van der Waals surface area contributed by atoms with Gasteiger partial charge in [-0.15, -0.1) is 0 Å². The highest BCUT2D eigenvalue weighted by molar-refractivity contribution is 7.89. The van der Waals surface area contributed by atoms with Gasteiger partial charge in [-0.3, -0.25) is 0 Å². The predicted octanol–water partition coefficient (Wildman–Crippen LogP) is 1.53. The van der Waals surface area contributed by atoms with E-state index >= 15 is 0 Å². The largest absolute Gasteiger partial charge is 0.243 e. The van der Waals surface area contributed by atoms with Crippen molar-refractivity contribution in [2.75, 3.05) is 7.05 Å². The molecular formula is C14H22N2O4S2. The zero-order valence-corrected chi connectivity index (χ0v) is 14.4. The SMILES string of the molecule is CC1CCC(N(C)S(=O)(=O)c2ccc(S(N)(=O)=O)cc2)CC1.